The predicted molar refractivity (Wildman–Crippen MR) is 106 cm³/mol. The van der Waals surface area contributed by atoms with Gasteiger partial charge in [-0.1, -0.05) is 41.4 Å². The molecule has 4 rings (SSSR count). The quantitative estimate of drug-likeness (QED) is 0.660. The van der Waals surface area contributed by atoms with Gasteiger partial charge in [-0.2, -0.15) is 0 Å². The van der Waals surface area contributed by atoms with Gasteiger partial charge >= 0.3 is 0 Å². The van der Waals surface area contributed by atoms with Gasteiger partial charge in [-0.25, -0.2) is 0 Å². The van der Waals surface area contributed by atoms with Gasteiger partial charge in [-0.05, 0) is 61.1 Å². The fourth-order valence-corrected chi connectivity index (χ4v) is 3.88. The van der Waals surface area contributed by atoms with E-state index in [9.17, 15) is 4.79 Å². The summed E-state index contributed by atoms with van der Waals surface area (Å²) in [6.07, 6.45) is 4.24. The summed E-state index contributed by atoms with van der Waals surface area (Å²) in [5.41, 5.74) is 4.62. The lowest BCUT2D eigenvalue weighted by Crippen LogP contribution is -2.22. The summed E-state index contributed by atoms with van der Waals surface area (Å²) < 4.78 is 0. The highest BCUT2D eigenvalue weighted by Gasteiger charge is 2.18. The first-order valence-electron chi connectivity index (χ1n) is 8.75. The Bertz CT molecular complexity index is 983. The van der Waals surface area contributed by atoms with Crippen LogP contribution in [0, 0.1) is 0 Å². The van der Waals surface area contributed by atoms with Crippen molar-refractivity contribution < 1.29 is 4.79 Å². The molecule has 0 spiro atoms. The van der Waals surface area contributed by atoms with Crippen molar-refractivity contribution in [3.8, 4) is 0 Å². The van der Waals surface area contributed by atoms with Crippen LogP contribution >= 0.6 is 23.2 Å². The molecule has 0 radical (unpaired) electrons. The largest absolute Gasteiger partial charge is 0.348 e. The maximum atomic E-state index is 12.5. The Labute approximate surface area is 162 Å². The van der Waals surface area contributed by atoms with E-state index in [4.69, 9.17) is 28.2 Å². The van der Waals surface area contributed by atoms with E-state index in [2.05, 4.69) is 5.32 Å². The molecule has 0 atom stereocenters. The Morgan fingerprint density at radius 3 is 2.62 bits per heavy atom. The lowest BCUT2D eigenvalue weighted by molar-refractivity contribution is 0.0951. The Hall–Kier alpha value is -2.10. The van der Waals surface area contributed by atoms with E-state index in [1.54, 1.807) is 0 Å². The first-order chi connectivity index (χ1) is 12.6. The molecule has 3 nitrogen and oxygen atoms in total. The summed E-state index contributed by atoms with van der Waals surface area (Å²) in [6.45, 7) is 0.451. The van der Waals surface area contributed by atoms with Gasteiger partial charge in [0, 0.05) is 28.2 Å². The molecular formula is C21H18Cl2N2O. The second-order valence-electron chi connectivity index (χ2n) is 6.60. The van der Waals surface area contributed by atoms with Gasteiger partial charge in [0.25, 0.3) is 5.91 Å². The van der Waals surface area contributed by atoms with Gasteiger partial charge in [0.1, 0.15) is 0 Å². The topological polar surface area (TPSA) is 42.0 Å². The molecule has 1 aliphatic carbocycles. The van der Waals surface area contributed by atoms with E-state index in [0.717, 1.165) is 52.9 Å². The van der Waals surface area contributed by atoms with Crippen molar-refractivity contribution in [1.82, 2.24) is 10.3 Å². The second-order valence-corrected chi connectivity index (χ2v) is 7.41. The van der Waals surface area contributed by atoms with Crippen LogP contribution in [0.3, 0.4) is 0 Å². The van der Waals surface area contributed by atoms with E-state index in [0.29, 0.717) is 17.1 Å². The van der Waals surface area contributed by atoms with E-state index >= 15 is 0 Å². The number of pyridine rings is 1. The Morgan fingerprint density at radius 1 is 1.04 bits per heavy atom. The number of carbonyl (C=O) groups is 1. The predicted octanol–water partition coefficient (Wildman–Crippen LogP) is 5.35. The number of nitrogens with one attached hydrogen (secondary N) is 1. The molecule has 1 N–H and O–H groups in total. The van der Waals surface area contributed by atoms with Crippen LogP contribution in [0.15, 0.2) is 42.5 Å². The van der Waals surface area contributed by atoms with Gasteiger partial charge < -0.3 is 5.32 Å². The molecule has 1 amide bonds. The molecule has 1 aliphatic rings. The second kappa shape index (κ2) is 7.26. The minimum Gasteiger partial charge on any atom is -0.348 e. The number of amides is 1. The molecular weight excluding hydrogens is 367 g/mol. The number of aromatic nitrogens is 1. The fraction of sp³-hybridized carbons (Fsp3) is 0.238. The number of hydrogen-bond donors (Lipinski definition) is 1. The van der Waals surface area contributed by atoms with E-state index in [-0.39, 0.29) is 5.91 Å². The third-order valence-corrected chi connectivity index (χ3v) is 5.51. The molecule has 0 fully saturated rings. The molecule has 5 heteroatoms. The first-order valence-corrected chi connectivity index (χ1v) is 9.51. The van der Waals surface area contributed by atoms with Crippen molar-refractivity contribution in [2.75, 3.05) is 0 Å². The van der Waals surface area contributed by atoms with Crippen molar-refractivity contribution in [2.45, 2.75) is 32.2 Å². The number of aryl methyl sites for hydroxylation is 1. The van der Waals surface area contributed by atoms with Crippen LogP contribution in [0.1, 0.15) is 40.0 Å². The molecule has 0 unspecified atom stereocenters. The SMILES string of the molecule is O=C(NCc1ccc(Cl)cc1)c1ccc2c(Cl)c3c(nc2c1)CCCC3. The maximum absolute atomic E-state index is 12.5. The van der Waals surface area contributed by atoms with Gasteiger partial charge in [-0.3, -0.25) is 9.78 Å². The van der Waals surface area contributed by atoms with Crippen molar-refractivity contribution in [1.29, 1.82) is 0 Å². The third-order valence-electron chi connectivity index (χ3n) is 4.82. The summed E-state index contributed by atoms with van der Waals surface area (Å²) in [5.74, 6) is -0.127. The number of hydrogen-bond acceptors (Lipinski definition) is 2. The van der Waals surface area contributed by atoms with Gasteiger partial charge in [0.15, 0.2) is 0 Å². The molecule has 1 aromatic heterocycles. The van der Waals surface area contributed by atoms with Crippen LogP contribution in [0.25, 0.3) is 10.9 Å². The number of nitrogens with zero attached hydrogens (tertiary/aromatic N) is 1. The van der Waals surface area contributed by atoms with Crippen molar-refractivity contribution in [3.63, 3.8) is 0 Å². The normalized spacial score (nSPS) is 13.5. The average molecular weight is 385 g/mol. The van der Waals surface area contributed by atoms with Crippen LogP contribution in [-0.2, 0) is 19.4 Å². The summed E-state index contributed by atoms with van der Waals surface area (Å²) in [6, 6.07) is 13.0. The maximum Gasteiger partial charge on any atom is 0.251 e. The van der Waals surface area contributed by atoms with E-state index < -0.39 is 0 Å². The zero-order chi connectivity index (χ0) is 18.1. The van der Waals surface area contributed by atoms with Gasteiger partial charge in [0.05, 0.1) is 10.5 Å². The number of fused-ring (bicyclic) bond motifs is 2. The lowest BCUT2D eigenvalue weighted by Gasteiger charge is -2.18. The third kappa shape index (κ3) is 3.42. The number of rotatable bonds is 3. The number of benzene rings is 2. The van der Waals surface area contributed by atoms with Crippen molar-refractivity contribution in [3.05, 3.63) is 74.9 Å². The monoisotopic (exact) mass is 384 g/mol. The van der Waals surface area contributed by atoms with Crippen molar-refractivity contribution >= 4 is 40.0 Å². The van der Waals surface area contributed by atoms with E-state index in [1.807, 2.05) is 42.5 Å². The minimum absolute atomic E-state index is 0.127. The minimum atomic E-state index is -0.127. The number of halogens is 2. The summed E-state index contributed by atoms with van der Waals surface area (Å²) in [7, 11) is 0. The summed E-state index contributed by atoms with van der Waals surface area (Å²) >= 11 is 12.5. The summed E-state index contributed by atoms with van der Waals surface area (Å²) in [5, 5.41) is 5.32. The van der Waals surface area contributed by atoms with Crippen LogP contribution in [0.2, 0.25) is 10.0 Å². The smallest absolute Gasteiger partial charge is 0.251 e. The molecule has 0 bridgehead atoms. The highest BCUT2D eigenvalue weighted by molar-refractivity contribution is 6.36. The molecule has 2 aromatic carbocycles. The molecule has 1 heterocycles. The van der Waals surface area contributed by atoms with Gasteiger partial charge in [0.2, 0.25) is 0 Å². The zero-order valence-electron chi connectivity index (χ0n) is 14.2. The van der Waals surface area contributed by atoms with E-state index in [1.165, 1.54) is 5.56 Å². The standard InChI is InChI=1S/C21H18Cl2N2O/c22-15-8-5-13(6-9-15)12-24-21(26)14-7-10-17-19(11-14)25-18-4-2-1-3-16(18)20(17)23/h5-11H,1-4,12H2,(H,24,26). The summed E-state index contributed by atoms with van der Waals surface area (Å²) in [4.78, 5) is 17.3. The average Bonchev–Trinajstić information content (AvgIpc) is 2.67. The van der Waals surface area contributed by atoms with Crippen LogP contribution in [0.4, 0.5) is 0 Å². The number of carbonyl (C=O) groups excluding carboxylic acids is 1. The highest BCUT2D eigenvalue weighted by Crippen LogP contribution is 2.33. The lowest BCUT2D eigenvalue weighted by atomic mass is 9.94. The highest BCUT2D eigenvalue weighted by atomic mass is 35.5. The molecule has 26 heavy (non-hydrogen) atoms. The van der Waals surface area contributed by atoms with Crippen LogP contribution < -0.4 is 5.32 Å². The Morgan fingerprint density at radius 2 is 1.81 bits per heavy atom. The zero-order valence-corrected chi connectivity index (χ0v) is 15.7. The molecule has 0 saturated heterocycles. The van der Waals surface area contributed by atoms with Crippen LogP contribution in [-0.4, -0.2) is 10.9 Å². The molecule has 3 aromatic rings. The molecule has 132 valence electrons. The Kier molecular flexibility index (Phi) is 4.84. The fourth-order valence-electron chi connectivity index (χ4n) is 3.39. The van der Waals surface area contributed by atoms with Crippen molar-refractivity contribution in [2.24, 2.45) is 0 Å². The first kappa shape index (κ1) is 17.3. The van der Waals surface area contributed by atoms with Gasteiger partial charge in [-0.15, -0.1) is 0 Å². The Balaban J connectivity index is 1.58. The molecule has 0 aliphatic heterocycles. The van der Waals surface area contributed by atoms with Crippen LogP contribution in [0.5, 0.6) is 0 Å². The molecule has 0 saturated carbocycles.